The topological polar surface area (TPSA) is 46.5 Å². The highest BCUT2D eigenvalue weighted by molar-refractivity contribution is 5.71. The van der Waals surface area contributed by atoms with Gasteiger partial charge in [-0.3, -0.25) is 4.79 Å². The number of carboxylic acids is 1. The number of hydrogen-bond donors (Lipinski definition) is 1. The molecular formula is C13H15FO3. The van der Waals surface area contributed by atoms with Gasteiger partial charge in [0.25, 0.3) is 0 Å². The molecule has 1 N–H and O–H groups in total. The summed E-state index contributed by atoms with van der Waals surface area (Å²) >= 11 is 0. The van der Waals surface area contributed by atoms with E-state index in [1.54, 1.807) is 19.1 Å². The minimum Gasteiger partial charge on any atom is -0.481 e. The molecule has 0 spiro atoms. The Morgan fingerprint density at radius 1 is 1.53 bits per heavy atom. The van der Waals surface area contributed by atoms with E-state index in [4.69, 9.17) is 9.84 Å². The van der Waals surface area contributed by atoms with Crippen LogP contribution in [0.25, 0.3) is 0 Å². The Morgan fingerprint density at radius 2 is 2.29 bits per heavy atom. The van der Waals surface area contributed by atoms with Crippen LogP contribution in [-0.4, -0.2) is 17.7 Å². The Bertz CT molecular complexity index is 431. The SMILES string of the molecule is Cc1ccc(C2OCCCC2C(=O)O)cc1F. The molecule has 0 saturated carbocycles. The van der Waals surface area contributed by atoms with E-state index in [-0.39, 0.29) is 5.82 Å². The molecule has 2 atom stereocenters. The van der Waals surface area contributed by atoms with Crippen LogP contribution in [0.4, 0.5) is 4.39 Å². The third kappa shape index (κ3) is 2.47. The summed E-state index contributed by atoms with van der Waals surface area (Å²) in [5, 5.41) is 9.12. The number of aliphatic carboxylic acids is 1. The Balaban J connectivity index is 2.29. The highest BCUT2D eigenvalue weighted by Crippen LogP contribution is 2.34. The maximum absolute atomic E-state index is 13.5. The number of carbonyl (C=O) groups is 1. The van der Waals surface area contributed by atoms with Gasteiger partial charge in [0.2, 0.25) is 0 Å². The van der Waals surface area contributed by atoms with Gasteiger partial charge in [0.15, 0.2) is 0 Å². The second-order valence-corrected chi connectivity index (χ2v) is 4.39. The van der Waals surface area contributed by atoms with Crippen LogP contribution in [0.15, 0.2) is 18.2 Å². The molecule has 1 aliphatic rings. The first-order valence-electron chi connectivity index (χ1n) is 5.70. The van der Waals surface area contributed by atoms with Gasteiger partial charge in [0.1, 0.15) is 5.82 Å². The summed E-state index contributed by atoms with van der Waals surface area (Å²) in [7, 11) is 0. The van der Waals surface area contributed by atoms with Gasteiger partial charge in [-0.15, -0.1) is 0 Å². The van der Waals surface area contributed by atoms with Gasteiger partial charge >= 0.3 is 5.97 Å². The Morgan fingerprint density at radius 3 is 2.94 bits per heavy atom. The molecule has 2 rings (SSSR count). The lowest BCUT2D eigenvalue weighted by molar-refractivity contribution is -0.151. The lowest BCUT2D eigenvalue weighted by Gasteiger charge is -2.29. The largest absolute Gasteiger partial charge is 0.481 e. The van der Waals surface area contributed by atoms with E-state index >= 15 is 0 Å². The van der Waals surface area contributed by atoms with Crippen LogP contribution in [0.3, 0.4) is 0 Å². The molecule has 0 aliphatic carbocycles. The van der Waals surface area contributed by atoms with Gasteiger partial charge in [0.05, 0.1) is 12.0 Å². The molecule has 3 nitrogen and oxygen atoms in total. The summed E-state index contributed by atoms with van der Waals surface area (Å²) < 4.78 is 18.9. The van der Waals surface area contributed by atoms with Crippen molar-refractivity contribution in [2.24, 2.45) is 5.92 Å². The van der Waals surface area contributed by atoms with Crippen LogP contribution >= 0.6 is 0 Å². The number of benzene rings is 1. The molecule has 1 heterocycles. The molecule has 0 bridgehead atoms. The summed E-state index contributed by atoms with van der Waals surface area (Å²) in [4.78, 5) is 11.1. The maximum Gasteiger partial charge on any atom is 0.309 e. The normalized spacial score (nSPS) is 24.6. The molecule has 1 fully saturated rings. The van der Waals surface area contributed by atoms with Gasteiger partial charge in [-0.05, 0) is 37.0 Å². The molecule has 0 radical (unpaired) electrons. The fourth-order valence-corrected chi connectivity index (χ4v) is 2.15. The number of halogens is 1. The van der Waals surface area contributed by atoms with Gasteiger partial charge < -0.3 is 9.84 Å². The van der Waals surface area contributed by atoms with Crippen molar-refractivity contribution in [3.05, 3.63) is 35.1 Å². The zero-order valence-corrected chi connectivity index (χ0v) is 9.65. The van der Waals surface area contributed by atoms with Gasteiger partial charge in [-0.1, -0.05) is 12.1 Å². The average molecular weight is 238 g/mol. The minimum absolute atomic E-state index is 0.319. The number of ether oxygens (including phenoxy) is 1. The van der Waals surface area contributed by atoms with Gasteiger partial charge in [-0.2, -0.15) is 0 Å². The van der Waals surface area contributed by atoms with Crippen molar-refractivity contribution in [1.29, 1.82) is 0 Å². The van der Waals surface area contributed by atoms with Crippen LogP contribution < -0.4 is 0 Å². The molecule has 17 heavy (non-hydrogen) atoms. The van der Waals surface area contributed by atoms with Crippen molar-refractivity contribution in [2.75, 3.05) is 6.61 Å². The van der Waals surface area contributed by atoms with Crippen LogP contribution in [0, 0.1) is 18.7 Å². The predicted octanol–water partition coefficient (Wildman–Crippen LogP) is 2.69. The van der Waals surface area contributed by atoms with Gasteiger partial charge in [0, 0.05) is 6.61 Å². The summed E-state index contributed by atoms with van der Waals surface area (Å²) in [6.07, 6.45) is 0.786. The zero-order chi connectivity index (χ0) is 12.4. The van der Waals surface area contributed by atoms with Crippen molar-refractivity contribution in [3.8, 4) is 0 Å². The molecule has 4 heteroatoms. The van der Waals surface area contributed by atoms with Crippen molar-refractivity contribution < 1.29 is 19.0 Å². The zero-order valence-electron chi connectivity index (χ0n) is 9.65. The van der Waals surface area contributed by atoms with Crippen molar-refractivity contribution in [1.82, 2.24) is 0 Å². The lowest BCUT2D eigenvalue weighted by Crippen LogP contribution is -2.29. The first-order chi connectivity index (χ1) is 8.09. The van der Waals surface area contributed by atoms with E-state index < -0.39 is 18.0 Å². The average Bonchev–Trinajstić information content (AvgIpc) is 2.32. The molecule has 1 aliphatic heterocycles. The quantitative estimate of drug-likeness (QED) is 0.861. The van der Waals surface area contributed by atoms with Crippen LogP contribution in [0.2, 0.25) is 0 Å². The van der Waals surface area contributed by atoms with Crippen LogP contribution in [0.5, 0.6) is 0 Å². The number of rotatable bonds is 2. The summed E-state index contributed by atoms with van der Waals surface area (Å²) in [6, 6.07) is 4.77. The van der Waals surface area contributed by atoms with Gasteiger partial charge in [-0.25, -0.2) is 4.39 Å². The molecule has 1 saturated heterocycles. The van der Waals surface area contributed by atoms with Crippen molar-refractivity contribution in [3.63, 3.8) is 0 Å². The predicted molar refractivity (Wildman–Crippen MR) is 60.2 cm³/mol. The fraction of sp³-hybridized carbons (Fsp3) is 0.462. The summed E-state index contributed by atoms with van der Waals surface area (Å²) in [5.41, 5.74) is 1.16. The highest BCUT2D eigenvalue weighted by atomic mass is 19.1. The van der Waals surface area contributed by atoms with E-state index in [0.29, 0.717) is 24.2 Å². The third-order valence-electron chi connectivity index (χ3n) is 3.16. The second kappa shape index (κ2) is 4.84. The first kappa shape index (κ1) is 12.0. The minimum atomic E-state index is -0.879. The molecule has 0 aromatic heterocycles. The summed E-state index contributed by atoms with van der Waals surface area (Å²) in [5.74, 6) is -1.78. The Kier molecular flexibility index (Phi) is 3.43. The maximum atomic E-state index is 13.5. The summed E-state index contributed by atoms with van der Waals surface area (Å²) in [6.45, 7) is 2.21. The molecule has 1 aromatic carbocycles. The fourth-order valence-electron chi connectivity index (χ4n) is 2.15. The molecular weight excluding hydrogens is 223 g/mol. The van der Waals surface area contributed by atoms with Crippen molar-refractivity contribution >= 4 is 5.97 Å². The molecule has 0 amide bonds. The van der Waals surface area contributed by atoms with Crippen LogP contribution in [-0.2, 0) is 9.53 Å². The van der Waals surface area contributed by atoms with Crippen molar-refractivity contribution in [2.45, 2.75) is 25.9 Å². The molecule has 1 aromatic rings. The third-order valence-corrected chi connectivity index (χ3v) is 3.16. The van der Waals surface area contributed by atoms with E-state index in [9.17, 15) is 9.18 Å². The van der Waals surface area contributed by atoms with E-state index in [1.807, 2.05) is 0 Å². The monoisotopic (exact) mass is 238 g/mol. The number of carboxylic acid groups (broad SMARTS) is 1. The Labute approximate surface area is 99.2 Å². The second-order valence-electron chi connectivity index (χ2n) is 4.39. The first-order valence-corrected chi connectivity index (χ1v) is 5.70. The standard InChI is InChI=1S/C13H15FO3/c1-8-4-5-9(7-11(8)14)12-10(13(15)16)3-2-6-17-12/h4-5,7,10,12H,2-3,6H2,1H3,(H,15,16). The number of aryl methyl sites for hydroxylation is 1. The highest BCUT2D eigenvalue weighted by Gasteiger charge is 2.33. The lowest BCUT2D eigenvalue weighted by atomic mass is 9.89. The molecule has 92 valence electrons. The smallest absolute Gasteiger partial charge is 0.309 e. The molecule has 2 unspecified atom stereocenters. The van der Waals surface area contributed by atoms with E-state index in [0.717, 1.165) is 6.42 Å². The Hall–Kier alpha value is -1.42. The van der Waals surface area contributed by atoms with E-state index in [2.05, 4.69) is 0 Å². The van der Waals surface area contributed by atoms with Crippen LogP contribution in [0.1, 0.15) is 30.1 Å². The van der Waals surface area contributed by atoms with E-state index in [1.165, 1.54) is 6.07 Å². The number of hydrogen-bond acceptors (Lipinski definition) is 2.